The Morgan fingerprint density at radius 1 is 1.35 bits per heavy atom. The summed E-state index contributed by atoms with van der Waals surface area (Å²) in [6, 6.07) is 2.12. The molecule has 2 N–H and O–H groups in total. The maximum Gasteiger partial charge on any atom is 0.0541 e. The molecule has 1 fully saturated rings. The highest BCUT2D eigenvalue weighted by molar-refractivity contribution is 5.43. The van der Waals surface area contributed by atoms with Crippen molar-refractivity contribution in [2.45, 2.75) is 19.4 Å². The van der Waals surface area contributed by atoms with Crippen LogP contribution in [0.1, 0.15) is 13.8 Å². The van der Waals surface area contributed by atoms with Gasteiger partial charge in [0.05, 0.1) is 5.69 Å². The summed E-state index contributed by atoms with van der Waals surface area (Å²) in [6.07, 6.45) is 4.03. The van der Waals surface area contributed by atoms with E-state index in [1.807, 2.05) is 12.4 Å². The van der Waals surface area contributed by atoms with Crippen molar-refractivity contribution in [1.82, 2.24) is 15.2 Å². The van der Waals surface area contributed by atoms with Crippen LogP contribution in [0.3, 0.4) is 0 Å². The van der Waals surface area contributed by atoms with Gasteiger partial charge in [-0.25, -0.2) is 0 Å². The lowest BCUT2D eigenvalue weighted by Gasteiger charge is -2.43. The Hall–Kier alpha value is -1.00. The molecular weight excluding hydrogens is 212 g/mol. The summed E-state index contributed by atoms with van der Waals surface area (Å²) in [4.78, 5) is 8.00. The number of hydrogen-bond donors (Lipinski definition) is 2. The van der Waals surface area contributed by atoms with Crippen molar-refractivity contribution in [3.05, 3.63) is 18.5 Å². The Kier molecular flexibility index (Phi) is 3.74. The van der Waals surface area contributed by atoms with Gasteiger partial charge < -0.3 is 15.2 Å². The molecule has 1 aromatic rings. The topological polar surface area (TPSA) is 34.3 Å². The highest BCUT2D eigenvalue weighted by Gasteiger charge is 2.29. The second-order valence-corrected chi connectivity index (χ2v) is 5.47. The smallest absolute Gasteiger partial charge is 0.0541 e. The van der Waals surface area contributed by atoms with Gasteiger partial charge in [0.2, 0.25) is 0 Å². The van der Waals surface area contributed by atoms with Gasteiger partial charge in [-0.2, -0.15) is 0 Å². The summed E-state index contributed by atoms with van der Waals surface area (Å²) >= 11 is 0. The number of nitrogens with zero attached hydrogens (tertiary/aromatic N) is 2. The van der Waals surface area contributed by atoms with Crippen molar-refractivity contribution in [2.24, 2.45) is 0 Å². The van der Waals surface area contributed by atoms with E-state index in [0.29, 0.717) is 0 Å². The Morgan fingerprint density at radius 3 is 2.65 bits per heavy atom. The minimum atomic E-state index is 0.216. The molecule has 2 heterocycles. The van der Waals surface area contributed by atoms with Gasteiger partial charge in [0, 0.05) is 57.7 Å². The standard InChI is InChI=1S/C13H24N4/c1-13(2,17-8-6-14-7-9-17)11-16(3)12-4-5-15-10-12/h4-5,10,14-15H,6-9,11H2,1-3H3. The van der Waals surface area contributed by atoms with E-state index < -0.39 is 0 Å². The minimum Gasteiger partial charge on any atom is -0.372 e. The quantitative estimate of drug-likeness (QED) is 0.822. The number of aromatic nitrogens is 1. The first-order chi connectivity index (χ1) is 8.09. The summed E-state index contributed by atoms with van der Waals surface area (Å²) in [7, 11) is 2.16. The molecule has 4 nitrogen and oxygen atoms in total. The summed E-state index contributed by atoms with van der Waals surface area (Å²) in [5.41, 5.74) is 1.47. The van der Waals surface area contributed by atoms with E-state index >= 15 is 0 Å². The van der Waals surface area contributed by atoms with Crippen LogP contribution in [-0.4, -0.2) is 55.2 Å². The molecular formula is C13H24N4. The predicted molar refractivity (Wildman–Crippen MR) is 72.6 cm³/mol. The zero-order valence-corrected chi connectivity index (χ0v) is 11.2. The molecule has 0 unspecified atom stereocenters. The number of piperazine rings is 1. The molecule has 0 saturated carbocycles. The molecule has 0 bridgehead atoms. The number of aromatic amines is 1. The zero-order valence-electron chi connectivity index (χ0n) is 11.2. The van der Waals surface area contributed by atoms with Gasteiger partial charge in [0.15, 0.2) is 0 Å². The Labute approximate surface area is 104 Å². The van der Waals surface area contributed by atoms with Crippen LogP contribution in [0.15, 0.2) is 18.5 Å². The van der Waals surface area contributed by atoms with Crippen LogP contribution in [0.4, 0.5) is 5.69 Å². The normalized spacial score (nSPS) is 18.3. The fourth-order valence-corrected chi connectivity index (χ4v) is 2.59. The van der Waals surface area contributed by atoms with E-state index in [0.717, 1.165) is 32.7 Å². The van der Waals surface area contributed by atoms with Gasteiger partial charge in [-0.1, -0.05) is 0 Å². The predicted octanol–water partition coefficient (Wildman–Crippen LogP) is 1.13. The van der Waals surface area contributed by atoms with Crippen molar-refractivity contribution in [3.63, 3.8) is 0 Å². The number of rotatable bonds is 4. The number of anilines is 1. The SMILES string of the molecule is CN(CC(C)(C)N1CCNCC1)c1cc[nH]c1. The maximum absolute atomic E-state index is 3.41. The highest BCUT2D eigenvalue weighted by atomic mass is 15.3. The summed E-state index contributed by atoms with van der Waals surface area (Å²) in [6.45, 7) is 10.2. The van der Waals surface area contributed by atoms with E-state index in [1.54, 1.807) is 0 Å². The second-order valence-electron chi connectivity index (χ2n) is 5.47. The van der Waals surface area contributed by atoms with Crippen LogP contribution in [0, 0.1) is 0 Å². The van der Waals surface area contributed by atoms with E-state index in [9.17, 15) is 0 Å². The lowest BCUT2D eigenvalue weighted by atomic mass is 10.0. The Morgan fingerprint density at radius 2 is 2.06 bits per heavy atom. The second kappa shape index (κ2) is 5.10. The largest absolute Gasteiger partial charge is 0.372 e. The number of H-pyrrole nitrogens is 1. The Balaban J connectivity index is 1.96. The molecule has 1 aliphatic heterocycles. The van der Waals surface area contributed by atoms with Gasteiger partial charge in [-0.3, -0.25) is 4.90 Å². The third kappa shape index (κ3) is 3.01. The first kappa shape index (κ1) is 12.5. The molecule has 4 heteroatoms. The maximum atomic E-state index is 3.41. The van der Waals surface area contributed by atoms with E-state index in [-0.39, 0.29) is 5.54 Å². The van der Waals surface area contributed by atoms with Crippen LogP contribution < -0.4 is 10.2 Å². The van der Waals surface area contributed by atoms with Crippen molar-refractivity contribution < 1.29 is 0 Å². The van der Waals surface area contributed by atoms with E-state index in [1.165, 1.54) is 5.69 Å². The molecule has 0 radical (unpaired) electrons. The van der Waals surface area contributed by atoms with Crippen molar-refractivity contribution in [3.8, 4) is 0 Å². The molecule has 96 valence electrons. The van der Waals surface area contributed by atoms with Gasteiger partial charge in [0.1, 0.15) is 0 Å². The van der Waals surface area contributed by atoms with Gasteiger partial charge in [-0.05, 0) is 19.9 Å². The van der Waals surface area contributed by atoms with E-state index in [4.69, 9.17) is 0 Å². The average molecular weight is 236 g/mol. The first-order valence-corrected chi connectivity index (χ1v) is 6.39. The molecule has 0 aromatic carbocycles. The highest BCUT2D eigenvalue weighted by Crippen LogP contribution is 2.20. The van der Waals surface area contributed by atoms with Crippen LogP contribution in [-0.2, 0) is 0 Å². The fourth-order valence-electron chi connectivity index (χ4n) is 2.59. The molecule has 0 amide bonds. The molecule has 1 saturated heterocycles. The first-order valence-electron chi connectivity index (χ1n) is 6.39. The fraction of sp³-hybridized carbons (Fsp3) is 0.692. The van der Waals surface area contributed by atoms with Crippen molar-refractivity contribution in [1.29, 1.82) is 0 Å². The van der Waals surface area contributed by atoms with Crippen molar-refractivity contribution in [2.75, 3.05) is 44.7 Å². The van der Waals surface area contributed by atoms with Crippen LogP contribution in [0.25, 0.3) is 0 Å². The average Bonchev–Trinajstić information content (AvgIpc) is 2.83. The molecule has 0 spiro atoms. The van der Waals surface area contributed by atoms with Gasteiger partial charge in [-0.15, -0.1) is 0 Å². The summed E-state index contributed by atoms with van der Waals surface area (Å²) in [5, 5.41) is 3.41. The molecule has 17 heavy (non-hydrogen) atoms. The molecule has 2 rings (SSSR count). The molecule has 1 aromatic heterocycles. The molecule has 0 aliphatic carbocycles. The van der Waals surface area contributed by atoms with Crippen molar-refractivity contribution >= 4 is 5.69 Å². The number of hydrogen-bond acceptors (Lipinski definition) is 3. The third-order valence-corrected chi connectivity index (χ3v) is 3.62. The Bertz CT molecular complexity index is 325. The zero-order chi connectivity index (χ0) is 12.3. The summed E-state index contributed by atoms with van der Waals surface area (Å²) in [5.74, 6) is 0. The minimum absolute atomic E-state index is 0.216. The number of nitrogens with one attached hydrogen (secondary N) is 2. The van der Waals surface area contributed by atoms with Gasteiger partial charge >= 0.3 is 0 Å². The lowest BCUT2D eigenvalue weighted by Crippen LogP contribution is -2.57. The van der Waals surface area contributed by atoms with Crippen LogP contribution >= 0.6 is 0 Å². The summed E-state index contributed by atoms with van der Waals surface area (Å²) < 4.78 is 0. The third-order valence-electron chi connectivity index (χ3n) is 3.62. The lowest BCUT2D eigenvalue weighted by molar-refractivity contribution is 0.109. The number of likely N-dealkylation sites (N-methyl/N-ethyl adjacent to an activating group) is 1. The van der Waals surface area contributed by atoms with E-state index in [2.05, 4.69) is 47.1 Å². The van der Waals surface area contributed by atoms with Gasteiger partial charge in [0.25, 0.3) is 0 Å². The molecule has 1 aliphatic rings. The van der Waals surface area contributed by atoms with Crippen LogP contribution in [0.5, 0.6) is 0 Å². The molecule has 0 atom stereocenters. The van der Waals surface area contributed by atoms with Crippen LogP contribution in [0.2, 0.25) is 0 Å². The monoisotopic (exact) mass is 236 g/mol.